The number of rotatable bonds is 10. The number of hydrogen-bond donors (Lipinski definition) is 2. The number of amides is 2. The average Bonchev–Trinajstić information content (AvgIpc) is 2.73. The van der Waals surface area contributed by atoms with Crippen LogP contribution in [0.3, 0.4) is 0 Å². The monoisotopic (exact) mass is 428 g/mol. The fourth-order valence-electron chi connectivity index (χ4n) is 2.95. The zero-order valence-electron chi connectivity index (χ0n) is 18.2. The van der Waals surface area contributed by atoms with Crippen molar-refractivity contribution in [2.75, 3.05) is 44.1 Å². The largest absolute Gasteiger partial charge is 0.382 e. The maximum atomic E-state index is 12.7. The Labute approximate surface area is 181 Å². The quantitative estimate of drug-likeness (QED) is 0.341. The number of nitro benzene ring substituents is 1. The summed E-state index contributed by atoms with van der Waals surface area (Å²) < 4.78 is 5.27. The molecule has 0 saturated heterocycles. The molecule has 0 heterocycles. The van der Waals surface area contributed by atoms with Crippen LogP contribution in [0.5, 0.6) is 0 Å². The van der Waals surface area contributed by atoms with Crippen LogP contribution in [0.2, 0.25) is 0 Å². The van der Waals surface area contributed by atoms with Gasteiger partial charge in [-0.15, -0.1) is 0 Å². The first kappa shape index (κ1) is 23.8. The molecule has 2 N–H and O–H groups in total. The number of ether oxygens (including phenoxy) is 1. The molecule has 0 atom stereocenters. The van der Waals surface area contributed by atoms with Crippen molar-refractivity contribution in [2.24, 2.45) is 0 Å². The van der Waals surface area contributed by atoms with E-state index in [4.69, 9.17) is 4.74 Å². The summed E-state index contributed by atoms with van der Waals surface area (Å²) in [5, 5.41) is 16.7. The standard InChI is InChI=1S/C22H28N4O5/c1-5-31-12-6-11-23-22(28)18-14-17(9-10-19(18)25(3)4)24-21(27)16-8-7-15(2)20(13-16)26(29)30/h7-10,13-14H,5-6,11-12H2,1-4H3,(H,23,28)(H,24,27). The molecule has 9 heteroatoms. The van der Waals surface area contributed by atoms with Crippen LogP contribution >= 0.6 is 0 Å². The van der Waals surface area contributed by atoms with Crippen LogP contribution in [-0.4, -0.2) is 50.6 Å². The van der Waals surface area contributed by atoms with Crippen LogP contribution in [0.15, 0.2) is 36.4 Å². The van der Waals surface area contributed by atoms with Gasteiger partial charge in [-0.2, -0.15) is 0 Å². The summed E-state index contributed by atoms with van der Waals surface area (Å²) in [5.74, 6) is -0.758. The normalized spacial score (nSPS) is 10.5. The van der Waals surface area contributed by atoms with Crippen molar-refractivity contribution in [1.29, 1.82) is 0 Å². The fraction of sp³-hybridized carbons (Fsp3) is 0.364. The van der Waals surface area contributed by atoms with Crippen LogP contribution in [-0.2, 0) is 4.74 Å². The summed E-state index contributed by atoms with van der Waals surface area (Å²) in [5.41, 5.74) is 2.04. The van der Waals surface area contributed by atoms with Crippen LogP contribution in [0.4, 0.5) is 17.1 Å². The Morgan fingerprint density at radius 3 is 2.52 bits per heavy atom. The first-order valence-corrected chi connectivity index (χ1v) is 9.98. The number of hydrogen-bond acceptors (Lipinski definition) is 6. The summed E-state index contributed by atoms with van der Waals surface area (Å²) in [7, 11) is 3.65. The molecule has 2 amide bonds. The van der Waals surface area contributed by atoms with E-state index >= 15 is 0 Å². The highest BCUT2D eigenvalue weighted by Crippen LogP contribution is 2.24. The molecule has 9 nitrogen and oxygen atoms in total. The lowest BCUT2D eigenvalue weighted by Gasteiger charge is -2.18. The van der Waals surface area contributed by atoms with Gasteiger partial charge in [0.2, 0.25) is 0 Å². The number of carbonyl (C=O) groups excluding carboxylic acids is 2. The maximum absolute atomic E-state index is 12.7. The topological polar surface area (TPSA) is 114 Å². The van der Waals surface area contributed by atoms with Gasteiger partial charge in [0.1, 0.15) is 0 Å². The minimum absolute atomic E-state index is 0.122. The predicted molar refractivity (Wildman–Crippen MR) is 120 cm³/mol. The third-order valence-electron chi connectivity index (χ3n) is 4.60. The fourth-order valence-corrected chi connectivity index (χ4v) is 2.95. The lowest BCUT2D eigenvalue weighted by molar-refractivity contribution is -0.385. The van der Waals surface area contributed by atoms with Crippen LogP contribution in [0, 0.1) is 17.0 Å². The number of nitrogens with zero attached hydrogens (tertiary/aromatic N) is 2. The highest BCUT2D eigenvalue weighted by molar-refractivity contribution is 6.06. The first-order valence-electron chi connectivity index (χ1n) is 9.98. The highest BCUT2D eigenvalue weighted by atomic mass is 16.6. The molecule has 2 aromatic carbocycles. The van der Waals surface area contributed by atoms with Gasteiger partial charge < -0.3 is 20.3 Å². The summed E-state index contributed by atoms with van der Waals surface area (Å²) in [4.78, 5) is 37.7. The van der Waals surface area contributed by atoms with Gasteiger partial charge in [-0.3, -0.25) is 19.7 Å². The molecule has 0 aliphatic carbocycles. The van der Waals surface area contributed by atoms with Crippen molar-refractivity contribution in [3.8, 4) is 0 Å². The van der Waals surface area contributed by atoms with Gasteiger partial charge in [0.25, 0.3) is 17.5 Å². The molecule has 0 saturated carbocycles. The van der Waals surface area contributed by atoms with E-state index in [9.17, 15) is 19.7 Å². The molecule has 0 unspecified atom stereocenters. The number of anilines is 2. The van der Waals surface area contributed by atoms with Gasteiger partial charge in [-0.05, 0) is 44.5 Å². The molecule has 0 fully saturated rings. The molecule has 166 valence electrons. The molecule has 0 spiro atoms. The Morgan fingerprint density at radius 1 is 1.13 bits per heavy atom. The molecule has 0 radical (unpaired) electrons. The molecule has 2 aromatic rings. The van der Waals surface area contributed by atoms with E-state index in [1.54, 1.807) is 25.1 Å². The lowest BCUT2D eigenvalue weighted by Crippen LogP contribution is -2.27. The number of carbonyl (C=O) groups is 2. The number of nitrogens with one attached hydrogen (secondary N) is 2. The zero-order valence-corrected chi connectivity index (χ0v) is 18.2. The van der Waals surface area contributed by atoms with Crippen LogP contribution in [0.1, 0.15) is 39.6 Å². The van der Waals surface area contributed by atoms with E-state index in [1.165, 1.54) is 18.2 Å². The van der Waals surface area contributed by atoms with E-state index in [0.29, 0.717) is 48.7 Å². The number of aryl methyl sites for hydroxylation is 1. The van der Waals surface area contributed by atoms with Crippen molar-refractivity contribution in [3.05, 3.63) is 63.2 Å². The van der Waals surface area contributed by atoms with E-state index < -0.39 is 10.8 Å². The summed E-state index contributed by atoms with van der Waals surface area (Å²) >= 11 is 0. The van der Waals surface area contributed by atoms with Crippen molar-refractivity contribution in [1.82, 2.24) is 5.32 Å². The number of benzene rings is 2. The van der Waals surface area contributed by atoms with Gasteiger partial charge in [-0.1, -0.05) is 6.07 Å². The summed E-state index contributed by atoms with van der Waals surface area (Å²) in [6, 6.07) is 9.31. The summed E-state index contributed by atoms with van der Waals surface area (Å²) in [6.07, 6.45) is 0.694. The van der Waals surface area contributed by atoms with E-state index in [1.807, 2.05) is 25.9 Å². The Morgan fingerprint density at radius 2 is 1.87 bits per heavy atom. The Kier molecular flexibility index (Phi) is 8.51. The summed E-state index contributed by atoms with van der Waals surface area (Å²) in [6.45, 7) is 5.19. The second-order valence-corrected chi connectivity index (χ2v) is 7.15. The van der Waals surface area contributed by atoms with Crippen molar-refractivity contribution in [2.45, 2.75) is 20.3 Å². The van der Waals surface area contributed by atoms with Gasteiger partial charge >= 0.3 is 0 Å². The molecular weight excluding hydrogens is 400 g/mol. The van der Waals surface area contributed by atoms with Gasteiger partial charge in [-0.25, -0.2) is 0 Å². The van der Waals surface area contributed by atoms with Crippen LogP contribution < -0.4 is 15.5 Å². The molecule has 0 aliphatic heterocycles. The Bertz CT molecular complexity index is 959. The highest BCUT2D eigenvalue weighted by Gasteiger charge is 2.17. The third-order valence-corrected chi connectivity index (χ3v) is 4.60. The van der Waals surface area contributed by atoms with Gasteiger partial charge in [0.05, 0.1) is 10.5 Å². The molecule has 0 aromatic heterocycles. The minimum atomic E-state index is -0.522. The SMILES string of the molecule is CCOCCCNC(=O)c1cc(NC(=O)c2ccc(C)c([N+](=O)[O-])c2)ccc1N(C)C. The van der Waals surface area contributed by atoms with Crippen molar-refractivity contribution >= 4 is 28.9 Å². The predicted octanol–water partition coefficient (Wildman–Crippen LogP) is 3.38. The van der Waals surface area contributed by atoms with Gasteiger partial charge in [0, 0.05) is 62.4 Å². The molecule has 31 heavy (non-hydrogen) atoms. The smallest absolute Gasteiger partial charge is 0.273 e. The minimum Gasteiger partial charge on any atom is -0.382 e. The Hall–Kier alpha value is -3.46. The van der Waals surface area contributed by atoms with E-state index in [-0.39, 0.29) is 17.2 Å². The second kappa shape index (κ2) is 11.1. The average molecular weight is 428 g/mol. The third kappa shape index (κ3) is 6.51. The molecular formula is C22H28N4O5. The lowest BCUT2D eigenvalue weighted by atomic mass is 10.1. The van der Waals surface area contributed by atoms with Crippen LogP contribution in [0.25, 0.3) is 0 Å². The first-order chi connectivity index (χ1) is 14.7. The maximum Gasteiger partial charge on any atom is 0.273 e. The molecule has 0 bridgehead atoms. The zero-order chi connectivity index (χ0) is 23.0. The van der Waals surface area contributed by atoms with E-state index in [0.717, 1.165) is 0 Å². The second-order valence-electron chi connectivity index (χ2n) is 7.15. The van der Waals surface area contributed by atoms with Crippen molar-refractivity contribution in [3.63, 3.8) is 0 Å². The van der Waals surface area contributed by atoms with E-state index in [2.05, 4.69) is 10.6 Å². The number of nitro groups is 1. The molecule has 2 rings (SSSR count). The van der Waals surface area contributed by atoms with Crippen molar-refractivity contribution < 1.29 is 19.2 Å². The van der Waals surface area contributed by atoms with Gasteiger partial charge in [0.15, 0.2) is 0 Å². The molecule has 0 aliphatic rings. The Balaban J connectivity index is 2.19.